The summed E-state index contributed by atoms with van der Waals surface area (Å²) in [6, 6.07) is 0. The Balaban J connectivity index is 1.95. The van der Waals surface area contributed by atoms with Crippen LogP contribution in [-0.2, 0) is 0 Å². The Morgan fingerprint density at radius 2 is 1.73 bits per heavy atom. The molecule has 1 aliphatic rings. The van der Waals surface area contributed by atoms with Gasteiger partial charge in [0, 0.05) is 0 Å². The van der Waals surface area contributed by atoms with Crippen molar-refractivity contribution in [1.82, 2.24) is 0 Å². The summed E-state index contributed by atoms with van der Waals surface area (Å²) in [5, 5.41) is 0. The van der Waals surface area contributed by atoms with Crippen molar-refractivity contribution in [2.45, 2.75) is 52.9 Å². The maximum Gasteiger partial charge on any atom is -0.0412 e. The number of hydrogen-bond donors (Lipinski definition) is 0. The topological polar surface area (TPSA) is 0 Å². The van der Waals surface area contributed by atoms with Gasteiger partial charge >= 0.3 is 0 Å². The standard InChI is InChI=1S/C11H22/c1-9(2)4-5-10(3)8-11-6-7-11/h9-11H,4-8H2,1-3H3. The van der Waals surface area contributed by atoms with Crippen LogP contribution in [-0.4, -0.2) is 0 Å². The molecule has 0 heterocycles. The Bertz CT molecular complexity index is 101. The van der Waals surface area contributed by atoms with Crippen LogP contribution >= 0.6 is 0 Å². The largest absolute Gasteiger partial charge is 0.0628 e. The third kappa shape index (κ3) is 4.44. The van der Waals surface area contributed by atoms with Crippen LogP contribution in [0.3, 0.4) is 0 Å². The zero-order valence-electron chi connectivity index (χ0n) is 8.27. The number of rotatable bonds is 5. The average Bonchev–Trinajstić information content (AvgIpc) is 2.67. The van der Waals surface area contributed by atoms with Gasteiger partial charge in [-0.15, -0.1) is 0 Å². The Morgan fingerprint density at radius 1 is 1.09 bits per heavy atom. The lowest BCUT2D eigenvalue weighted by Crippen LogP contribution is -1.98. The zero-order valence-corrected chi connectivity index (χ0v) is 8.27. The van der Waals surface area contributed by atoms with E-state index in [0.29, 0.717) is 0 Å². The first-order valence-corrected chi connectivity index (χ1v) is 5.18. The lowest BCUT2D eigenvalue weighted by atomic mass is 9.95. The molecule has 1 unspecified atom stereocenters. The molecule has 0 heteroatoms. The van der Waals surface area contributed by atoms with Gasteiger partial charge in [0.05, 0.1) is 0 Å². The molecule has 1 fully saturated rings. The van der Waals surface area contributed by atoms with Crippen molar-refractivity contribution >= 4 is 0 Å². The highest BCUT2D eigenvalue weighted by Gasteiger charge is 2.23. The van der Waals surface area contributed by atoms with Crippen molar-refractivity contribution in [3.8, 4) is 0 Å². The van der Waals surface area contributed by atoms with Gasteiger partial charge < -0.3 is 0 Å². The second kappa shape index (κ2) is 4.13. The summed E-state index contributed by atoms with van der Waals surface area (Å²) in [5.74, 6) is 3.01. The second-order valence-corrected chi connectivity index (χ2v) is 4.76. The maximum absolute atomic E-state index is 2.42. The van der Waals surface area contributed by atoms with Crippen LogP contribution in [0.4, 0.5) is 0 Å². The van der Waals surface area contributed by atoms with Crippen molar-refractivity contribution in [1.29, 1.82) is 0 Å². The average molecular weight is 154 g/mol. The molecule has 1 atom stereocenters. The predicted octanol–water partition coefficient (Wildman–Crippen LogP) is 3.86. The van der Waals surface area contributed by atoms with Crippen LogP contribution < -0.4 is 0 Å². The van der Waals surface area contributed by atoms with Gasteiger partial charge in [-0.1, -0.05) is 46.5 Å². The molecular formula is C11H22. The molecule has 0 saturated heterocycles. The first-order chi connectivity index (χ1) is 5.18. The van der Waals surface area contributed by atoms with Crippen LogP contribution in [0.25, 0.3) is 0 Å². The molecule has 0 aromatic rings. The molecule has 0 radical (unpaired) electrons. The highest BCUT2D eigenvalue weighted by molar-refractivity contribution is 4.75. The minimum absolute atomic E-state index is 0.900. The summed E-state index contributed by atoms with van der Waals surface area (Å²) < 4.78 is 0. The minimum atomic E-state index is 0.900. The highest BCUT2D eigenvalue weighted by Crippen LogP contribution is 2.36. The Hall–Kier alpha value is 0. The van der Waals surface area contributed by atoms with Gasteiger partial charge in [-0.3, -0.25) is 0 Å². The molecule has 0 nitrogen and oxygen atoms in total. The Kier molecular flexibility index (Phi) is 3.42. The van der Waals surface area contributed by atoms with Crippen LogP contribution in [0.15, 0.2) is 0 Å². The van der Waals surface area contributed by atoms with Crippen molar-refractivity contribution in [2.75, 3.05) is 0 Å². The van der Waals surface area contributed by atoms with Gasteiger partial charge in [0.15, 0.2) is 0 Å². The maximum atomic E-state index is 2.42. The van der Waals surface area contributed by atoms with E-state index >= 15 is 0 Å². The first kappa shape index (κ1) is 9.09. The van der Waals surface area contributed by atoms with Crippen LogP contribution in [0.2, 0.25) is 0 Å². The molecule has 0 aliphatic heterocycles. The smallest absolute Gasteiger partial charge is 0.0412 e. The monoisotopic (exact) mass is 154 g/mol. The molecule has 0 spiro atoms. The zero-order chi connectivity index (χ0) is 8.27. The van der Waals surface area contributed by atoms with E-state index in [-0.39, 0.29) is 0 Å². The summed E-state index contributed by atoms with van der Waals surface area (Å²) >= 11 is 0. The van der Waals surface area contributed by atoms with Gasteiger partial charge in [0.25, 0.3) is 0 Å². The number of hydrogen-bond acceptors (Lipinski definition) is 0. The minimum Gasteiger partial charge on any atom is -0.0628 e. The van der Waals surface area contributed by atoms with E-state index in [4.69, 9.17) is 0 Å². The summed E-state index contributed by atoms with van der Waals surface area (Å²) in [4.78, 5) is 0. The van der Waals surface area contributed by atoms with E-state index in [0.717, 1.165) is 17.8 Å². The quantitative estimate of drug-likeness (QED) is 0.564. The van der Waals surface area contributed by atoms with Gasteiger partial charge in [0.1, 0.15) is 0 Å². The first-order valence-electron chi connectivity index (χ1n) is 5.18. The van der Waals surface area contributed by atoms with Gasteiger partial charge in [-0.05, 0) is 24.2 Å². The van der Waals surface area contributed by atoms with Gasteiger partial charge in [0.2, 0.25) is 0 Å². The fraction of sp³-hybridized carbons (Fsp3) is 1.00. The normalized spacial score (nSPS) is 20.7. The fourth-order valence-electron chi connectivity index (χ4n) is 1.66. The molecule has 0 bridgehead atoms. The van der Waals surface area contributed by atoms with Crippen molar-refractivity contribution in [3.63, 3.8) is 0 Å². The van der Waals surface area contributed by atoms with Crippen LogP contribution in [0.5, 0.6) is 0 Å². The molecule has 11 heavy (non-hydrogen) atoms. The van der Waals surface area contributed by atoms with E-state index in [1.165, 1.54) is 32.1 Å². The molecule has 0 aromatic carbocycles. The molecule has 1 saturated carbocycles. The van der Waals surface area contributed by atoms with E-state index in [9.17, 15) is 0 Å². The second-order valence-electron chi connectivity index (χ2n) is 4.76. The molecule has 1 rings (SSSR count). The van der Waals surface area contributed by atoms with Crippen molar-refractivity contribution in [3.05, 3.63) is 0 Å². The molecule has 0 aromatic heterocycles. The summed E-state index contributed by atoms with van der Waals surface area (Å²) in [7, 11) is 0. The van der Waals surface area contributed by atoms with Gasteiger partial charge in [-0.2, -0.15) is 0 Å². The summed E-state index contributed by atoms with van der Waals surface area (Å²) in [6.45, 7) is 7.06. The highest BCUT2D eigenvalue weighted by atomic mass is 14.3. The molecule has 0 amide bonds. The van der Waals surface area contributed by atoms with Crippen molar-refractivity contribution < 1.29 is 0 Å². The Labute approximate surface area is 71.4 Å². The molecule has 66 valence electrons. The third-order valence-corrected chi connectivity index (χ3v) is 2.67. The Morgan fingerprint density at radius 3 is 2.18 bits per heavy atom. The van der Waals surface area contributed by atoms with Crippen LogP contribution in [0.1, 0.15) is 52.9 Å². The molecule has 0 N–H and O–H groups in total. The SMILES string of the molecule is CC(C)CCC(C)CC1CC1. The van der Waals surface area contributed by atoms with E-state index in [1.54, 1.807) is 0 Å². The van der Waals surface area contributed by atoms with E-state index in [2.05, 4.69) is 20.8 Å². The van der Waals surface area contributed by atoms with Crippen LogP contribution in [0, 0.1) is 17.8 Å². The lowest BCUT2D eigenvalue weighted by Gasteiger charge is -2.11. The van der Waals surface area contributed by atoms with Gasteiger partial charge in [-0.25, -0.2) is 0 Å². The molecule has 1 aliphatic carbocycles. The third-order valence-electron chi connectivity index (χ3n) is 2.67. The van der Waals surface area contributed by atoms with E-state index < -0.39 is 0 Å². The summed E-state index contributed by atoms with van der Waals surface area (Å²) in [5.41, 5.74) is 0. The predicted molar refractivity (Wildman–Crippen MR) is 50.6 cm³/mol. The van der Waals surface area contributed by atoms with Crippen molar-refractivity contribution in [2.24, 2.45) is 17.8 Å². The fourth-order valence-corrected chi connectivity index (χ4v) is 1.66. The lowest BCUT2D eigenvalue weighted by molar-refractivity contribution is 0.411. The molecular weight excluding hydrogens is 132 g/mol. The van der Waals surface area contributed by atoms with E-state index in [1.807, 2.05) is 0 Å². The summed E-state index contributed by atoms with van der Waals surface area (Å²) in [6.07, 6.45) is 7.42.